The first-order chi connectivity index (χ1) is 11.3. The predicted molar refractivity (Wildman–Crippen MR) is 86.5 cm³/mol. The number of hydrogen-bond donors (Lipinski definition) is 1. The van der Waals surface area contributed by atoms with Crippen LogP contribution >= 0.6 is 0 Å². The highest BCUT2D eigenvalue weighted by Gasteiger charge is 2.42. The van der Waals surface area contributed by atoms with Gasteiger partial charge >= 0.3 is 12.1 Å². The van der Waals surface area contributed by atoms with Gasteiger partial charge in [0.2, 0.25) is 10.0 Å². The van der Waals surface area contributed by atoms with Crippen LogP contribution in [0.5, 0.6) is 0 Å². The Bertz CT molecular complexity index is 737. The minimum absolute atomic E-state index is 0.0617. The number of carbonyl (C=O) groups excluding carboxylic acids is 1. The molecule has 1 fully saturated rings. The lowest BCUT2D eigenvalue weighted by atomic mass is 9.87. The van der Waals surface area contributed by atoms with E-state index in [9.17, 15) is 26.4 Å². The fraction of sp³-hybridized carbons (Fsp3) is 0.562. The molecule has 0 aliphatic carbocycles. The lowest BCUT2D eigenvalue weighted by Gasteiger charge is -2.21. The number of sulfonamides is 1. The van der Waals surface area contributed by atoms with Gasteiger partial charge < -0.3 is 5.32 Å². The van der Waals surface area contributed by atoms with Gasteiger partial charge in [0.05, 0.1) is 4.90 Å². The Balaban J connectivity index is 2.10. The molecule has 1 aliphatic rings. The van der Waals surface area contributed by atoms with Crippen molar-refractivity contribution in [2.24, 2.45) is 0 Å². The van der Waals surface area contributed by atoms with Crippen LogP contribution in [0.1, 0.15) is 32.8 Å². The maximum atomic E-state index is 12.6. The molecule has 1 atom stereocenters. The first-order valence-electron chi connectivity index (χ1n) is 7.80. The average Bonchev–Trinajstić information content (AvgIpc) is 2.95. The number of nitrogens with zero attached hydrogens (tertiary/aromatic N) is 1. The Hall–Kier alpha value is -1.61. The van der Waals surface area contributed by atoms with Crippen LogP contribution in [0.4, 0.5) is 13.2 Å². The van der Waals surface area contributed by atoms with Gasteiger partial charge in [0.25, 0.3) is 0 Å². The van der Waals surface area contributed by atoms with E-state index in [1.165, 1.54) is 12.1 Å². The van der Waals surface area contributed by atoms with Crippen LogP contribution in [0, 0.1) is 0 Å². The van der Waals surface area contributed by atoms with Crippen molar-refractivity contribution in [1.82, 2.24) is 9.62 Å². The van der Waals surface area contributed by atoms with Crippen molar-refractivity contribution in [1.29, 1.82) is 0 Å². The van der Waals surface area contributed by atoms with Crippen LogP contribution in [0.3, 0.4) is 0 Å². The number of halogens is 3. The molecule has 0 saturated carbocycles. The summed E-state index contributed by atoms with van der Waals surface area (Å²) in [5, 5.41) is 1.83. The van der Waals surface area contributed by atoms with Crippen molar-refractivity contribution in [3.8, 4) is 0 Å². The number of alkyl halides is 3. The van der Waals surface area contributed by atoms with E-state index < -0.39 is 28.1 Å². The monoisotopic (exact) mass is 378 g/mol. The molecule has 1 aromatic carbocycles. The molecule has 2 rings (SSSR count). The van der Waals surface area contributed by atoms with Crippen LogP contribution in [0.15, 0.2) is 29.2 Å². The van der Waals surface area contributed by atoms with E-state index in [0.717, 1.165) is 9.87 Å². The summed E-state index contributed by atoms with van der Waals surface area (Å²) in [5.74, 6) is -2.05. The number of hydrogen-bond acceptors (Lipinski definition) is 3. The summed E-state index contributed by atoms with van der Waals surface area (Å²) < 4.78 is 63.2. The summed E-state index contributed by atoms with van der Waals surface area (Å²) in [6, 6.07) is 5.60. The second kappa shape index (κ2) is 6.60. The minimum atomic E-state index is -4.98. The minimum Gasteiger partial charge on any atom is -0.344 e. The molecule has 9 heteroatoms. The summed E-state index contributed by atoms with van der Waals surface area (Å²) in [7, 11) is -3.80. The molecule has 0 bridgehead atoms. The molecule has 0 spiro atoms. The molecule has 1 unspecified atom stereocenters. The van der Waals surface area contributed by atoms with Crippen LogP contribution in [-0.4, -0.2) is 43.9 Å². The lowest BCUT2D eigenvalue weighted by molar-refractivity contribution is -0.174. The van der Waals surface area contributed by atoms with Crippen molar-refractivity contribution in [2.45, 2.75) is 49.7 Å². The highest BCUT2D eigenvalue weighted by atomic mass is 32.2. The molecule has 25 heavy (non-hydrogen) atoms. The normalized spacial score (nSPS) is 19.8. The molecule has 1 aromatic rings. The van der Waals surface area contributed by atoms with Gasteiger partial charge in [-0.1, -0.05) is 32.9 Å². The molecule has 1 N–H and O–H groups in total. The first-order valence-corrected chi connectivity index (χ1v) is 9.24. The molecule has 5 nitrogen and oxygen atoms in total. The van der Waals surface area contributed by atoms with Gasteiger partial charge in [0.15, 0.2) is 0 Å². The second-order valence-corrected chi connectivity index (χ2v) is 9.03. The van der Waals surface area contributed by atoms with Crippen LogP contribution < -0.4 is 5.32 Å². The van der Waals surface area contributed by atoms with E-state index in [1.807, 2.05) is 26.1 Å². The van der Waals surface area contributed by atoms with Gasteiger partial charge in [0, 0.05) is 19.1 Å². The number of benzene rings is 1. The third-order valence-corrected chi connectivity index (χ3v) is 5.98. The molecule has 1 amide bonds. The van der Waals surface area contributed by atoms with E-state index in [4.69, 9.17) is 0 Å². The fourth-order valence-electron chi connectivity index (χ4n) is 2.61. The quantitative estimate of drug-likeness (QED) is 0.879. The zero-order valence-electron chi connectivity index (χ0n) is 14.2. The SMILES string of the molecule is CC(C)(C)c1ccc(S(=O)(=O)N2CCC(NC(=O)C(F)(F)F)C2)cc1. The largest absolute Gasteiger partial charge is 0.471 e. The Morgan fingerprint density at radius 1 is 1.16 bits per heavy atom. The van der Waals surface area contributed by atoms with Crippen LogP contribution in [-0.2, 0) is 20.2 Å². The molecule has 140 valence electrons. The highest BCUT2D eigenvalue weighted by molar-refractivity contribution is 7.89. The third-order valence-electron chi connectivity index (χ3n) is 4.10. The van der Waals surface area contributed by atoms with Crippen LogP contribution in [0.2, 0.25) is 0 Å². The number of nitrogens with one attached hydrogen (secondary N) is 1. The van der Waals surface area contributed by atoms with Gasteiger partial charge in [-0.2, -0.15) is 17.5 Å². The smallest absolute Gasteiger partial charge is 0.344 e. The number of amides is 1. The fourth-order valence-corrected chi connectivity index (χ4v) is 4.11. The highest BCUT2D eigenvalue weighted by Crippen LogP contribution is 2.26. The summed E-state index contributed by atoms with van der Waals surface area (Å²) in [4.78, 5) is 11.1. The first kappa shape index (κ1) is 19.7. The molecule has 0 radical (unpaired) electrons. The van der Waals surface area contributed by atoms with Gasteiger partial charge in [0.1, 0.15) is 0 Å². The molecular weight excluding hydrogens is 357 g/mol. The van der Waals surface area contributed by atoms with Crippen molar-refractivity contribution in [3.63, 3.8) is 0 Å². The zero-order chi connectivity index (χ0) is 19.0. The molecule has 1 aliphatic heterocycles. The Morgan fingerprint density at radius 2 is 1.72 bits per heavy atom. The average molecular weight is 378 g/mol. The van der Waals surface area contributed by atoms with Gasteiger partial charge in [-0.05, 0) is 29.5 Å². The Kier molecular flexibility index (Phi) is 5.21. The summed E-state index contributed by atoms with van der Waals surface area (Å²) in [5.41, 5.74) is 0.853. The maximum Gasteiger partial charge on any atom is 0.471 e. The van der Waals surface area contributed by atoms with E-state index in [1.54, 1.807) is 12.1 Å². The Morgan fingerprint density at radius 3 is 2.20 bits per heavy atom. The molecule has 0 aromatic heterocycles. The summed E-state index contributed by atoms with van der Waals surface area (Å²) in [6.45, 7) is 5.90. The standard InChI is InChI=1S/C16H21F3N2O3S/c1-15(2,3)11-4-6-13(7-5-11)25(23,24)21-9-8-12(10-21)20-14(22)16(17,18)19/h4-7,12H,8-10H2,1-3H3,(H,20,22). The van der Waals surface area contributed by atoms with E-state index in [-0.39, 0.29) is 29.8 Å². The van der Waals surface area contributed by atoms with Crippen molar-refractivity contribution in [3.05, 3.63) is 29.8 Å². The van der Waals surface area contributed by atoms with E-state index >= 15 is 0 Å². The molecule has 1 heterocycles. The van der Waals surface area contributed by atoms with Crippen LogP contribution in [0.25, 0.3) is 0 Å². The van der Waals surface area contributed by atoms with Crippen molar-refractivity contribution >= 4 is 15.9 Å². The number of rotatable bonds is 3. The Labute approximate surface area is 145 Å². The second-order valence-electron chi connectivity index (χ2n) is 7.09. The van der Waals surface area contributed by atoms with Crippen molar-refractivity contribution < 1.29 is 26.4 Å². The predicted octanol–water partition coefficient (Wildman–Crippen LogP) is 2.43. The zero-order valence-corrected chi connectivity index (χ0v) is 15.0. The molecular formula is C16H21F3N2O3S. The topological polar surface area (TPSA) is 66.5 Å². The lowest BCUT2D eigenvalue weighted by Crippen LogP contribution is -2.44. The van der Waals surface area contributed by atoms with E-state index in [2.05, 4.69) is 0 Å². The van der Waals surface area contributed by atoms with Gasteiger partial charge in [-0.3, -0.25) is 4.79 Å². The molecule has 1 saturated heterocycles. The van der Waals surface area contributed by atoms with Gasteiger partial charge in [-0.15, -0.1) is 0 Å². The summed E-state index contributed by atoms with van der Waals surface area (Å²) in [6.07, 6.45) is -4.84. The van der Waals surface area contributed by atoms with E-state index in [0.29, 0.717) is 0 Å². The van der Waals surface area contributed by atoms with Crippen molar-refractivity contribution in [2.75, 3.05) is 13.1 Å². The summed E-state index contributed by atoms with van der Waals surface area (Å²) >= 11 is 0. The van der Waals surface area contributed by atoms with Gasteiger partial charge in [-0.25, -0.2) is 8.42 Å². The maximum absolute atomic E-state index is 12.6. The number of carbonyl (C=O) groups is 1. The third kappa shape index (κ3) is 4.52.